The molecule has 0 bridgehead atoms. The van der Waals surface area contributed by atoms with Crippen LogP contribution in [0.2, 0.25) is 0 Å². The van der Waals surface area contributed by atoms with Gasteiger partial charge in [0, 0.05) is 17.7 Å². The van der Waals surface area contributed by atoms with Crippen molar-refractivity contribution >= 4 is 10.1 Å². The second-order valence-corrected chi connectivity index (χ2v) is 10.7. The Balaban J connectivity index is 1.25. The van der Waals surface area contributed by atoms with Crippen molar-refractivity contribution < 1.29 is 17.0 Å². The SMILES string of the molecule is Cc1ccc(S(=O)(=O)OC[C@H]2C[C@H](n3cc(-c4ncc(F)cc4C)c(C4CC4)n3)C2)cc1. The van der Waals surface area contributed by atoms with E-state index in [0.717, 1.165) is 53.8 Å². The van der Waals surface area contributed by atoms with Crippen molar-refractivity contribution in [2.24, 2.45) is 5.92 Å². The molecule has 32 heavy (non-hydrogen) atoms. The summed E-state index contributed by atoms with van der Waals surface area (Å²) in [6.45, 7) is 3.95. The van der Waals surface area contributed by atoms with Crippen LogP contribution in [0.25, 0.3) is 11.3 Å². The normalized spacial score (nSPS) is 20.8. The molecular formula is C24H26FN3O3S. The molecule has 2 fully saturated rings. The zero-order valence-electron chi connectivity index (χ0n) is 18.2. The molecule has 2 heterocycles. The third-order valence-electron chi connectivity index (χ3n) is 6.38. The van der Waals surface area contributed by atoms with Gasteiger partial charge in [0.25, 0.3) is 10.1 Å². The van der Waals surface area contributed by atoms with Crippen molar-refractivity contribution in [3.05, 3.63) is 65.4 Å². The predicted molar refractivity (Wildman–Crippen MR) is 118 cm³/mol. The summed E-state index contributed by atoms with van der Waals surface area (Å²) in [6, 6.07) is 8.38. The van der Waals surface area contributed by atoms with E-state index >= 15 is 0 Å². The summed E-state index contributed by atoms with van der Waals surface area (Å²) in [6.07, 6.45) is 7.12. The monoisotopic (exact) mass is 455 g/mol. The van der Waals surface area contributed by atoms with E-state index in [-0.39, 0.29) is 29.3 Å². The molecule has 0 saturated heterocycles. The van der Waals surface area contributed by atoms with Crippen molar-refractivity contribution in [3.8, 4) is 11.3 Å². The maximum absolute atomic E-state index is 13.5. The summed E-state index contributed by atoms with van der Waals surface area (Å²) in [5.74, 6) is 0.272. The smallest absolute Gasteiger partial charge is 0.269 e. The van der Waals surface area contributed by atoms with Crippen LogP contribution in [0.3, 0.4) is 0 Å². The summed E-state index contributed by atoms with van der Waals surface area (Å²) in [7, 11) is -3.74. The van der Waals surface area contributed by atoms with Crippen molar-refractivity contribution in [3.63, 3.8) is 0 Å². The lowest BCUT2D eigenvalue weighted by atomic mass is 9.81. The Bertz CT molecular complexity index is 1240. The van der Waals surface area contributed by atoms with Crippen LogP contribution in [0.5, 0.6) is 0 Å². The molecule has 0 N–H and O–H groups in total. The van der Waals surface area contributed by atoms with Gasteiger partial charge in [-0.05, 0) is 69.2 Å². The lowest BCUT2D eigenvalue weighted by Gasteiger charge is -2.34. The van der Waals surface area contributed by atoms with Crippen LogP contribution in [0.4, 0.5) is 4.39 Å². The number of benzene rings is 1. The first kappa shape index (κ1) is 21.3. The van der Waals surface area contributed by atoms with Crippen LogP contribution in [-0.2, 0) is 14.3 Å². The van der Waals surface area contributed by atoms with Gasteiger partial charge in [0.2, 0.25) is 0 Å². The van der Waals surface area contributed by atoms with Gasteiger partial charge in [-0.25, -0.2) is 4.39 Å². The van der Waals surface area contributed by atoms with E-state index in [1.165, 1.54) is 12.3 Å². The first-order valence-electron chi connectivity index (χ1n) is 11.0. The molecule has 0 amide bonds. The molecule has 2 saturated carbocycles. The van der Waals surface area contributed by atoms with Gasteiger partial charge in [0.15, 0.2) is 0 Å². The molecule has 0 radical (unpaired) electrons. The molecule has 2 aromatic heterocycles. The summed E-state index contributed by atoms with van der Waals surface area (Å²) in [5, 5.41) is 4.86. The first-order chi connectivity index (χ1) is 15.3. The molecule has 3 aromatic rings. The molecule has 0 aliphatic heterocycles. The van der Waals surface area contributed by atoms with Gasteiger partial charge in [-0.15, -0.1) is 0 Å². The zero-order chi connectivity index (χ0) is 22.5. The number of halogens is 1. The second kappa shape index (κ2) is 8.08. The van der Waals surface area contributed by atoms with Crippen LogP contribution < -0.4 is 0 Å². The quantitative estimate of drug-likeness (QED) is 0.472. The Morgan fingerprint density at radius 3 is 2.53 bits per heavy atom. The maximum atomic E-state index is 13.5. The first-order valence-corrected chi connectivity index (χ1v) is 12.4. The van der Waals surface area contributed by atoms with E-state index in [4.69, 9.17) is 9.28 Å². The molecule has 0 atom stereocenters. The highest BCUT2D eigenvalue weighted by Gasteiger charge is 2.36. The lowest BCUT2D eigenvalue weighted by molar-refractivity contribution is 0.120. The number of pyridine rings is 1. The molecule has 5 rings (SSSR count). The maximum Gasteiger partial charge on any atom is 0.296 e. The standard InChI is InChI=1S/C24H26FN3O3S/c1-15-3-7-21(8-4-15)32(29,30)31-14-17-10-20(11-17)28-13-22(24(27-28)18-5-6-18)23-16(2)9-19(25)12-26-23/h3-4,7-9,12-13,17-18,20H,5-6,10-11,14H2,1-2H3/t17-,20-. The summed E-state index contributed by atoms with van der Waals surface area (Å²) >= 11 is 0. The molecule has 1 aromatic carbocycles. The van der Waals surface area contributed by atoms with Crippen LogP contribution in [0, 0.1) is 25.6 Å². The van der Waals surface area contributed by atoms with Crippen LogP contribution >= 0.6 is 0 Å². The van der Waals surface area contributed by atoms with Crippen LogP contribution in [0.15, 0.2) is 47.6 Å². The average Bonchev–Trinajstić information content (AvgIpc) is 3.47. The third kappa shape index (κ3) is 4.21. The Hall–Kier alpha value is -2.58. The highest BCUT2D eigenvalue weighted by molar-refractivity contribution is 7.86. The topological polar surface area (TPSA) is 74.1 Å². The number of aryl methyl sites for hydroxylation is 2. The molecule has 0 unspecified atom stereocenters. The summed E-state index contributed by atoms with van der Waals surface area (Å²) in [5.41, 5.74) is 4.59. The number of nitrogens with zero attached hydrogens (tertiary/aromatic N) is 3. The molecule has 168 valence electrons. The highest BCUT2D eigenvalue weighted by Crippen LogP contribution is 2.46. The fourth-order valence-corrected chi connectivity index (χ4v) is 5.24. The predicted octanol–water partition coefficient (Wildman–Crippen LogP) is 4.94. The van der Waals surface area contributed by atoms with Crippen molar-refractivity contribution in [2.45, 2.75) is 56.4 Å². The number of rotatable bonds is 7. The third-order valence-corrected chi connectivity index (χ3v) is 7.67. The van der Waals surface area contributed by atoms with Gasteiger partial charge in [-0.1, -0.05) is 17.7 Å². The fourth-order valence-electron chi connectivity index (χ4n) is 4.27. The number of aromatic nitrogens is 3. The van der Waals surface area contributed by atoms with Crippen molar-refractivity contribution in [1.82, 2.24) is 14.8 Å². The van der Waals surface area contributed by atoms with Crippen LogP contribution in [-0.4, -0.2) is 29.8 Å². The molecule has 8 heteroatoms. The van der Waals surface area contributed by atoms with Crippen molar-refractivity contribution in [2.75, 3.05) is 6.61 Å². The van der Waals surface area contributed by atoms with Gasteiger partial charge in [0.1, 0.15) is 5.82 Å². The minimum atomic E-state index is -3.74. The zero-order valence-corrected chi connectivity index (χ0v) is 19.0. The van der Waals surface area contributed by atoms with E-state index in [1.807, 2.05) is 24.7 Å². The highest BCUT2D eigenvalue weighted by atomic mass is 32.2. The van der Waals surface area contributed by atoms with Gasteiger partial charge in [-0.3, -0.25) is 13.8 Å². The van der Waals surface area contributed by atoms with Gasteiger partial charge >= 0.3 is 0 Å². The Kier molecular flexibility index (Phi) is 5.37. The van der Waals surface area contributed by atoms with Crippen LogP contribution in [0.1, 0.15) is 54.5 Å². The van der Waals surface area contributed by atoms with E-state index in [2.05, 4.69) is 4.98 Å². The molecule has 0 spiro atoms. The minimum Gasteiger partial charge on any atom is -0.269 e. The second-order valence-electron chi connectivity index (χ2n) is 9.04. The Morgan fingerprint density at radius 1 is 1.16 bits per heavy atom. The summed E-state index contributed by atoms with van der Waals surface area (Å²) < 4.78 is 45.6. The lowest BCUT2D eigenvalue weighted by Crippen LogP contribution is -2.31. The molecule has 2 aliphatic carbocycles. The Labute approximate surface area is 187 Å². The van der Waals surface area contributed by atoms with E-state index in [9.17, 15) is 12.8 Å². The van der Waals surface area contributed by atoms with Crippen molar-refractivity contribution in [1.29, 1.82) is 0 Å². The largest absolute Gasteiger partial charge is 0.296 e. The van der Waals surface area contributed by atoms with E-state index in [0.29, 0.717) is 5.92 Å². The molecular weight excluding hydrogens is 429 g/mol. The fraction of sp³-hybridized carbons (Fsp3) is 0.417. The summed E-state index contributed by atoms with van der Waals surface area (Å²) in [4.78, 5) is 4.51. The van der Waals surface area contributed by atoms with E-state index in [1.54, 1.807) is 24.3 Å². The Morgan fingerprint density at radius 2 is 1.88 bits per heavy atom. The van der Waals surface area contributed by atoms with Gasteiger partial charge in [0.05, 0.1) is 35.1 Å². The van der Waals surface area contributed by atoms with E-state index < -0.39 is 10.1 Å². The number of hydrogen-bond acceptors (Lipinski definition) is 5. The van der Waals surface area contributed by atoms with Gasteiger partial charge < -0.3 is 0 Å². The minimum absolute atomic E-state index is 0.169. The number of hydrogen-bond donors (Lipinski definition) is 0. The average molecular weight is 456 g/mol. The van der Waals surface area contributed by atoms with Gasteiger partial charge in [-0.2, -0.15) is 13.5 Å². The molecule has 2 aliphatic rings. The molecule has 6 nitrogen and oxygen atoms in total.